The lowest BCUT2D eigenvalue weighted by atomic mass is 10.1. The SMILES string of the molecule is CC#CC(C)C(C)=O. The summed E-state index contributed by atoms with van der Waals surface area (Å²) >= 11 is 0. The van der Waals surface area contributed by atoms with Gasteiger partial charge in [0.2, 0.25) is 0 Å². The van der Waals surface area contributed by atoms with Gasteiger partial charge in [0, 0.05) is 0 Å². The van der Waals surface area contributed by atoms with Crippen LogP contribution in [0.15, 0.2) is 0 Å². The quantitative estimate of drug-likeness (QED) is 0.464. The monoisotopic (exact) mass is 110 g/mol. The summed E-state index contributed by atoms with van der Waals surface area (Å²) in [5.74, 6) is 5.48. The summed E-state index contributed by atoms with van der Waals surface area (Å²) in [5.41, 5.74) is 0. The topological polar surface area (TPSA) is 17.1 Å². The first-order chi connectivity index (χ1) is 3.68. The maximum Gasteiger partial charge on any atom is 0.144 e. The van der Waals surface area contributed by atoms with Crippen LogP contribution in [0.25, 0.3) is 0 Å². The van der Waals surface area contributed by atoms with Crippen LogP contribution in [0.5, 0.6) is 0 Å². The summed E-state index contributed by atoms with van der Waals surface area (Å²) in [7, 11) is 0. The lowest BCUT2D eigenvalue weighted by Crippen LogP contribution is -2.01. The number of Topliss-reactive ketones (excluding diaryl/α,β-unsaturated/α-hetero) is 1. The van der Waals surface area contributed by atoms with Crippen molar-refractivity contribution in [2.24, 2.45) is 5.92 Å². The first-order valence-electron chi connectivity index (χ1n) is 2.61. The minimum atomic E-state index is -0.0833. The average Bonchev–Trinajstić information content (AvgIpc) is 1.67. The minimum Gasteiger partial charge on any atom is -0.299 e. The van der Waals surface area contributed by atoms with Gasteiger partial charge >= 0.3 is 0 Å². The molecule has 0 rings (SSSR count). The molecule has 0 amide bonds. The van der Waals surface area contributed by atoms with E-state index in [2.05, 4.69) is 11.8 Å². The van der Waals surface area contributed by atoms with Crippen molar-refractivity contribution >= 4 is 5.78 Å². The third kappa shape index (κ3) is 2.41. The predicted octanol–water partition coefficient (Wildman–Crippen LogP) is 1.23. The van der Waals surface area contributed by atoms with Gasteiger partial charge in [-0.25, -0.2) is 0 Å². The largest absolute Gasteiger partial charge is 0.299 e. The fourth-order valence-electron chi connectivity index (χ4n) is 0.318. The molecule has 0 aromatic carbocycles. The van der Waals surface area contributed by atoms with E-state index < -0.39 is 0 Å². The Morgan fingerprint density at radius 1 is 1.62 bits per heavy atom. The van der Waals surface area contributed by atoms with E-state index in [1.54, 1.807) is 20.8 Å². The Bertz CT molecular complexity index is 136. The first kappa shape index (κ1) is 7.23. The van der Waals surface area contributed by atoms with Crippen LogP contribution in [-0.4, -0.2) is 5.78 Å². The van der Waals surface area contributed by atoms with Crippen LogP contribution < -0.4 is 0 Å². The molecule has 0 aliphatic rings. The Morgan fingerprint density at radius 2 is 2.12 bits per heavy atom. The highest BCUT2D eigenvalue weighted by atomic mass is 16.1. The van der Waals surface area contributed by atoms with Crippen LogP contribution in [0.3, 0.4) is 0 Å². The molecule has 0 radical (unpaired) electrons. The molecule has 0 saturated carbocycles. The second-order valence-corrected chi connectivity index (χ2v) is 1.73. The second kappa shape index (κ2) is 3.26. The first-order valence-corrected chi connectivity index (χ1v) is 2.61. The van der Waals surface area contributed by atoms with Crippen molar-refractivity contribution in [1.82, 2.24) is 0 Å². The number of hydrogen-bond acceptors (Lipinski definition) is 1. The molecule has 0 aromatic heterocycles. The molecule has 8 heavy (non-hydrogen) atoms. The maximum atomic E-state index is 10.4. The summed E-state index contributed by atoms with van der Waals surface area (Å²) in [6.07, 6.45) is 0. The van der Waals surface area contributed by atoms with Crippen molar-refractivity contribution in [1.29, 1.82) is 0 Å². The summed E-state index contributed by atoms with van der Waals surface area (Å²) in [6, 6.07) is 0. The van der Waals surface area contributed by atoms with E-state index in [0.29, 0.717) is 0 Å². The molecule has 0 heterocycles. The molecule has 0 aliphatic carbocycles. The molecular formula is C7H10O. The van der Waals surface area contributed by atoms with Gasteiger partial charge in [0.25, 0.3) is 0 Å². The summed E-state index contributed by atoms with van der Waals surface area (Å²) in [4.78, 5) is 10.4. The van der Waals surface area contributed by atoms with Crippen LogP contribution in [0, 0.1) is 17.8 Å². The highest BCUT2D eigenvalue weighted by molar-refractivity contribution is 5.80. The molecule has 44 valence electrons. The lowest BCUT2D eigenvalue weighted by molar-refractivity contribution is -0.118. The highest BCUT2D eigenvalue weighted by Crippen LogP contribution is 1.91. The van der Waals surface area contributed by atoms with Crippen LogP contribution >= 0.6 is 0 Å². The van der Waals surface area contributed by atoms with Crippen molar-refractivity contribution in [3.8, 4) is 11.8 Å². The Hall–Kier alpha value is -0.770. The zero-order valence-corrected chi connectivity index (χ0v) is 5.49. The Kier molecular flexibility index (Phi) is 2.95. The van der Waals surface area contributed by atoms with E-state index in [1.807, 2.05) is 0 Å². The zero-order chi connectivity index (χ0) is 6.57. The molecule has 0 aliphatic heterocycles. The fraction of sp³-hybridized carbons (Fsp3) is 0.571. The third-order valence-corrected chi connectivity index (χ3v) is 0.971. The molecule has 1 heteroatoms. The average molecular weight is 110 g/mol. The number of hydrogen-bond donors (Lipinski definition) is 0. The minimum absolute atomic E-state index is 0.0833. The van der Waals surface area contributed by atoms with E-state index in [-0.39, 0.29) is 11.7 Å². The molecule has 1 unspecified atom stereocenters. The second-order valence-electron chi connectivity index (χ2n) is 1.73. The number of carbonyl (C=O) groups is 1. The van der Waals surface area contributed by atoms with Gasteiger partial charge in [-0.1, -0.05) is 5.92 Å². The molecule has 0 fully saturated rings. The smallest absolute Gasteiger partial charge is 0.144 e. The predicted molar refractivity (Wildman–Crippen MR) is 33.3 cm³/mol. The molecule has 1 nitrogen and oxygen atoms in total. The van der Waals surface area contributed by atoms with E-state index >= 15 is 0 Å². The normalized spacial score (nSPS) is 11.4. The van der Waals surface area contributed by atoms with E-state index in [1.165, 1.54) is 0 Å². The van der Waals surface area contributed by atoms with Crippen LogP contribution in [-0.2, 0) is 4.79 Å². The van der Waals surface area contributed by atoms with Gasteiger partial charge in [0.1, 0.15) is 5.78 Å². The number of rotatable bonds is 1. The van der Waals surface area contributed by atoms with Crippen LogP contribution in [0.4, 0.5) is 0 Å². The highest BCUT2D eigenvalue weighted by Gasteiger charge is 1.99. The van der Waals surface area contributed by atoms with E-state index in [0.717, 1.165) is 0 Å². The van der Waals surface area contributed by atoms with Crippen molar-refractivity contribution < 1.29 is 4.79 Å². The molecule has 0 bridgehead atoms. The van der Waals surface area contributed by atoms with Gasteiger partial charge in [0.15, 0.2) is 0 Å². The summed E-state index contributed by atoms with van der Waals surface area (Å²) in [5, 5.41) is 0. The standard InChI is InChI=1S/C7H10O/c1-4-5-6(2)7(3)8/h6H,1-3H3. The molecule has 0 N–H and O–H groups in total. The molecule has 0 aromatic rings. The van der Waals surface area contributed by atoms with Gasteiger partial charge in [-0.05, 0) is 20.8 Å². The van der Waals surface area contributed by atoms with Crippen LogP contribution in [0.1, 0.15) is 20.8 Å². The van der Waals surface area contributed by atoms with Crippen molar-refractivity contribution in [3.05, 3.63) is 0 Å². The van der Waals surface area contributed by atoms with Gasteiger partial charge in [-0.15, -0.1) is 5.92 Å². The fourth-order valence-corrected chi connectivity index (χ4v) is 0.318. The maximum absolute atomic E-state index is 10.4. The van der Waals surface area contributed by atoms with Crippen molar-refractivity contribution in [2.45, 2.75) is 20.8 Å². The Balaban J connectivity index is 3.77. The number of ketones is 1. The van der Waals surface area contributed by atoms with Gasteiger partial charge < -0.3 is 0 Å². The molecule has 1 atom stereocenters. The number of carbonyl (C=O) groups excluding carboxylic acids is 1. The zero-order valence-electron chi connectivity index (χ0n) is 5.49. The van der Waals surface area contributed by atoms with Crippen LogP contribution in [0.2, 0.25) is 0 Å². The van der Waals surface area contributed by atoms with Crippen molar-refractivity contribution in [3.63, 3.8) is 0 Å². The van der Waals surface area contributed by atoms with Gasteiger partial charge in [-0.3, -0.25) is 4.79 Å². The Morgan fingerprint density at radius 3 is 2.25 bits per heavy atom. The summed E-state index contributed by atoms with van der Waals surface area (Å²) in [6.45, 7) is 5.09. The summed E-state index contributed by atoms with van der Waals surface area (Å²) < 4.78 is 0. The Labute approximate surface area is 50.1 Å². The van der Waals surface area contributed by atoms with Crippen molar-refractivity contribution in [2.75, 3.05) is 0 Å². The van der Waals surface area contributed by atoms with E-state index in [4.69, 9.17) is 0 Å². The molecule has 0 saturated heterocycles. The van der Waals surface area contributed by atoms with E-state index in [9.17, 15) is 4.79 Å². The molecule has 0 spiro atoms. The lowest BCUT2D eigenvalue weighted by Gasteiger charge is -1.91. The third-order valence-electron chi connectivity index (χ3n) is 0.971. The molecular weight excluding hydrogens is 100 g/mol. The van der Waals surface area contributed by atoms with Gasteiger partial charge in [-0.2, -0.15) is 0 Å². The van der Waals surface area contributed by atoms with Gasteiger partial charge in [0.05, 0.1) is 5.92 Å².